The van der Waals surface area contributed by atoms with E-state index in [-0.39, 0.29) is 0 Å². The van der Waals surface area contributed by atoms with Gasteiger partial charge in [0.2, 0.25) is 0 Å². The van der Waals surface area contributed by atoms with E-state index in [9.17, 15) is 0 Å². The third-order valence-electron chi connectivity index (χ3n) is 3.10. The van der Waals surface area contributed by atoms with Gasteiger partial charge in [-0.25, -0.2) is 0 Å². The molecular weight excluding hydrogens is 254 g/mol. The van der Waals surface area contributed by atoms with Crippen LogP contribution in [0.3, 0.4) is 0 Å². The quantitative estimate of drug-likeness (QED) is 0.859. The van der Waals surface area contributed by atoms with E-state index in [1.807, 2.05) is 30.9 Å². The Balaban J connectivity index is 1.95. The standard InChI is InChI=1S/C16H21NOS/c1-12-7-13(2)9-14(8-12)16(17-3)11-19-10-15-5-4-6-18-15/h4-9,16-17H,10-11H2,1-3H3. The molecule has 1 atom stereocenters. The van der Waals surface area contributed by atoms with Gasteiger partial charge in [0.1, 0.15) is 5.76 Å². The number of hydrogen-bond donors (Lipinski definition) is 1. The second-order valence-electron chi connectivity index (χ2n) is 4.86. The van der Waals surface area contributed by atoms with Crippen molar-refractivity contribution < 1.29 is 4.42 Å². The summed E-state index contributed by atoms with van der Waals surface area (Å²) in [5.41, 5.74) is 4.02. The van der Waals surface area contributed by atoms with Crippen LogP contribution in [0.1, 0.15) is 28.5 Å². The molecule has 0 aliphatic rings. The van der Waals surface area contributed by atoms with Crippen molar-refractivity contribution in [3.8, 4) is 0 Å². The molecule has 3 heteroatoms. The predicted octanol–water partition coefficient (Wildman–Crippen LogP) is 4.09. The zero-order valence-electron chi connectivity index (χ0n) is 11.8. The molecule has 0 amide bonds. The first-order valence-corrected chi connectivity index (χ1v) is 7.70. The van der Waals surface area contributed by atoms with Gasteiger partial charge in [0.25, 0.3) is 0 Å². The average molecular weight is 275 g/mol. The van der Waals surface area contributed by atoms with Gasteiger partial charge < -0.3 is 9.73 Å². The number of aryl methyl sites for hydroxylation is 2. The van der Waals surface area contributed by atoms with Crippen molar-refractivity contribution in [2.45, 2.75) is 25.6 Å². The van der Waals surface area contributed by atoms with Crippen LogP contribution in [0.25, 0.3) is 0 Å². The van der Waals surface area contributed by atoms with E-state index >= 15 is 0 Å². The Morgan fingerprint density at radius 2 is 1.95 bits per heavy atom. The lowest BCUT2D eigenvalue weighted by Crippen LogP contribution is -2.19. The van der Waals surface area contributed by atoms with Crippen molar-refractivity contribution in [3.05, 3.63) is 59.0 Å². The molecule has 2 rings (SSSR count). The smallest absolute Gasteiger partial charge is 0.113 e. The molecule has 0 aliphatic carbocycles. The molecule has 1 heterocycles. The zero-order chi connectivity index (χ0) is 13.7. The summed E-state index contributed by atoms with van der Waals surface area (Å²) in [6.45, 7) is 4.30. The van der Waals surface area contributed by atoms with Crippen LogP contribution in [-0.2, 0) is 5.75 Å². The van der Waals surface area contributed by atoms with Crippen LogP contribution in [-0.4, -0.2) is 12.8 Å². The molecule has 0 fully saturated rings. The van der Waals surface area contributed by atoms with Gasteiger partial charge in [-0.15, -0.1) is 0 Å². The number of benzene rings is 1. The average Bonchev–Trinajstić information content (AvgIpc) is 2.86. The van der Waals surface area contributed by atoms with Crippen molar-refractivity contribution >= 4 is 11.8 Å². The number of thioether (sulfide) groups is 1. The van der Waals surface area contributed by atoms with Crippen LogP contribution in [0.15, 0.2) is 41.0 Å². The highest BCUT2D eigenvalue weighted by Crippen LogP contribution is 2.23. The summed E-state index contributed by atoms with van der Waals surface area (Å²) >= 11 is 1.89. The Labute approximate surface area is 119 Å². The molecule has 2 aromatic rings. The number of hydrogen-bond acceptors (Lipinski definition) is 3. The fraction of sp³-hybridized carbons (Fsp3) is 0.375. The normalized spacial score (nSPS) is 12.6. The first-order valence-electron chi connectivity index (χ1n) is 6.54. The molecule has 0 bridgehead atoms. The molecule has 0 saturated heterocycles. The van der Waals surface area contributed by atoms with Gasteiger partial charge in [-0.2, -0.15) is 11.8 Å². The lowest BCUT2D eigenvalue weighted by atomic mass is 10.0. The molecule has 0 saturated carbocycles. The Morgan fingerprint density at radius 3 is 2.53 bits per heavy atom. The third kappa shape index (κ3) is 4.15. The van der Waals surface area contributed by atoms with Crippen LogP contribution >= 0.6 is 11.8 Å². The Kier molecular flexibility index (Phi) is 5.11. The van der Waals surface area contributed by atoms with Crippen molar-refractivity contribution in [1.82, 2.24) is 5.32 Å². The van der Waals surface area contributed by atoms with Gasteiger partial charge in [-0.3, -0.25) is 0 Å². The molecule has 19 heavy (non-hydrogen) atoms. The monoisotopic (exact) mass is 275 g/mol. The molecule has 1 aromatic carbocycles. The second kappa shape index (κ2) is 6.83. The van der Waals surface area contributed by atoms with E-state index in [1.54, 1.807) is 6.26 Å². The van der Waals surface area contributed by atoms with Gasteiger partial charge in [0.05, 0.1) is 12.0 Å². The second-order valence-corrected chi connectivity index (χ2v) is 5.89. The summed E-state index contributed by atoms with van der Waals surface area (Å²) in [7, 11) is 2.02. The van der Waals surface area contributed by atoms with Crippen LogP contribution in [0, 0.1) is 13.8 Å². The van der Waals surface area contributed by atoms with E-state index < -0.39 is 0 Å². The van der Waals surface area contributed by atoms with Gasteiger partial charge in [0, 0.05) is 11.8 Å². The molecule has 1 aromatic heterocycles. The topological polar surface area (TPSA) is 25.2 Å². The highest BCUT2D eigenvalue weighted by molar-refractivity contribution is 7.98. The Hall–Kier alpha value is -1.19. The fourth-order valence-corrected chi connectivity index (χ4v) is 3.31. The molecular formula is C16H21NOS. The first-order chi connectivity index (χ1) is 9.19. The van der Waals surface area contributed by atoms with E-state index in [1.165, 1.54) is 16.7 Å². The third-order valence-corrected chi connectivity index (χ3v) is 4.16. The minimum atomic E-state index is 0.388. The highest BCUT2D eigenvalue weighted by Gasteiger charge is 2.10. The van der Waals surface area contributed by atoms with E-state index in [0.717, 1.165) is 17.3 Å². The van der Waals surface area contributed by atoms with E-state index in [0.29, 0.717) is 6.04 Å². The summed E-state index contributed by atoms with van der Waals surface area (Å²) in [5, 5.41) is 3.40. The van der Waals surface area contributed by atoms with Gasteiger partial charge in [-0.05, 0) is 38.6 Å². The summed E-state index contributed by atoms with van der Waals surface area (Å²) < 4.78 is 5.35. The Bertz CT molecular complexity index is 487. The number of furan rings is 1. The van der Waals surface area contributed by atoms with Crippen molar-refractivity contribution in [1.29, 1.82) is 0 Å². The predicted molar refractivity (Wildman–Crippen MR) is 82.6 cm³/mol. The molecule has 1 N–H and O–H groups in total. The highest BCUT2D eigenvalue weighted by atomic mass is 32.2. The molecule has 1 unspecified atom stereocenters. The van der Waals surface area contributed by atoms with Crippen molar-refractivity contribution in [2.75, 3.05) is 12.8 Å². The van der Waals surface area contributed by atoms with Crippen molar-refractivity contribution in [3.63, 3.8) is 0 Å². The van der Waals surface area contributed by atoms with Crippen LogP contribution < -0.4 is 5.32 Å². The zero-order valence-corrected chi connectivity index (χ0v) is 12.6. The lowest BCUT2D eigenvalue weighted by molar-refractivity contribution is 0.530. The minimum absolute atomic E-state index is 0.388. The summed E-state index contributed by atoms with van der Waals surface area (Å²) in [5.74, 6) is 3.01. The molecule has 0 radical (unpaired) electrons. The lowest BCUT2D eigenvalue weighted by Gasteiger charge is -2.17. The Morgan fingerprint density at radius 1 is 1.21 bits per heavy atom. The fourth-order valence-electron chi connectivity index (χ4n) is 2.23. The van der Waals surface area contributed by atoms with Crippen LogP contribution in [0.5, 0.6) is 0 Å². The van der Waals surface area contributed by atoms with E-state index in [2.05, 4.69) is 37.4 Å². The first kappa shape index (κ1) is 14.2. The molecule has 102 valence electrons. The van der Waals surface area contributed by atoms with Crippen LogP contribution in [0.2, 0.25) is 0 Å². The SMILES string of the molecule is CNC(CSCc1ccco1)c1cc(C)cc(C)c1. The van der Waals surface area contributed by atoms with Crippen LogP contribution in [0.4, 0.5) is 0 Å². The maximum Gasteiger partial charge on any atom is 0.113 e. The van der Waals surface area contributed by atoms with Crippen molar-refractivity contribution in [2.24, 2.45) is 0 Å². The van der Waals surface area contributed by atoms with Gasteiger partial charge in [0.15, 0.2) is 0 Å². The maximum absolute atomic E-state index is 5.35. The van der Waals surface area contributed by atoms with Gasteiger partial charge in [-0.1, -0.05) is 29.3 Å². The number of rotatable bonds is 6. The summed E-state index contributed by atoms with van der Waals surface area (Å²) in [4.78, 5) is 0. The maximum atomic E-state index is 5.35. The minimum Gasteiger partial charge on any atom is -0.468 e. The molecule has 0 spiro atoms. The molecule has 0 aliphatic heterocycles. The molecule has 2 nitrogen and oxygen atoms in total. The largest absolute Gasteiger partial charge is 0.468 e. The van der Waals surface area contributed by atoms with E-state index in [4.69, 9.17) is 4.42 Å². The summed E-state index contributed by atoms with van der Waals surface area (Å²) in [6, 6.07) is 11.1. The van der Waals surface area contributed by atoms with Gasteiger partial charge >= 0.3 is 0 Å². The number of nitrogens with one attached hydrogen (secondary N) is 1. The summed E-state index contributed by atoms with van der Waals surface area (Å²) in [6.07, 6.45) is 1.73.